The van der Waals surface area contributed by atoms with Gasteiger partial charge >= 0.3 is 0 Å². The zero-order valence-corrected chi connectivity index (χ0v) is 19.8. The van der Waals surface area contributed by atoms with Gasteiger partial charge in [-0.05, 0) is 31.2 Å². The first-order chi connectivity index (χ1) is 15.2. The van der Waals surface area contributed by atoms with Crippen LogP contribution in [0.2, 0.25) is 0 Å². The third kappa shape index (κ3) is 6.35. The minimum atomic E-state index is -0.107. The van der Waals surface area contributed by atoms with Crippen molar-refractivity contribution in [2.24, 2.45) is 4.99 Å². The van der Waals surface area contributed by atoms with Gasteiger partial charge in [-0.2, -0.15) is 4.99 Å². The van der Waals surface area contributed by atoms with Gasteiger partial charge in [0.1, 0.15) is 0 Å². The lowest BCUT2D eigenvalue weighted by molar-refractivity contribution is -0.118. The van der Waals surface area contributed by atoms with Crippen molar-refractivity contribution >= 4 is 39.2 Å². The van der Waals surface area contributed by atoms with Crippen LogP contribution in [0.3, 0.4) is 0 Å². The summed E-state index contributed by atoms with van der Waals surface area (Å²) in [6.07, 6.45) is 1.21. The Hall–Kier alpha value is -2.29. The van der Waals surface area contributed by atoms with E-state index in [-0.39, 0.29) is 5.91 Å². The van der Waals surface area contributed by atoms with E-state index in [1.165, 1.54) is 16.2 Å². The SMILES string of the molecule is CCOCCn1c(=NC(=O)CCCSc2ccccc2)sc2cc(OC)c(OC)cc21. The molecule has 3 aromatic rings. The molecular weight excluding hydrogens is 432 g/mol. The van der Waals surface area contributed by atoms with Crippen molar-refractivity contribution in [2.45, 2.75) is 31.2 Å². The molecule has 0 aliphatic carbocycles. The number of thioether (sulfide) groups is 1. The van der Waals surface area contributed by atoms with Crippen molar-refractivity contribution in [1.82, 2.24) is 4.57 Å². The number of methoxy groups -OCH3 is 2. The molecule has 0 saturated heterocycles. The smallest absolute Gasteiger partial charge is 0.248 e. The first-order valence-electron chi connectivity index (χ1n) is 10.2. The highest BCUT2D eigenvalue weighted by Crippen LogP contribution is 2.33. The van der Waals surface area contributed by atoms with Crippen LogP contribution in [0.5, 0.6) is 11.5 Å². The van der Waals surface area contributed by atoms with Gasteiger partial charge in [0.05, 0.1) is 31.0 Å². The molecule has 1 heterocycles. The Morgan fingerprint density at radius 2 is 1.87 bits per heavy atom. The molecule has 8 heteroatoms. The van der Waals surface area contributed by atoms with Crippen molar-refractivity contribution in [3.8, 4) is 11.5 Å². The van der Waals surface area contributed by atoms with Gasteiger partial charge in [0, 0.05) is 36.6 Å². The molecule has 0 bridgehead atoms. The van der Waals surface area contributed by atoms with Crippen molar-refractivity contribution in [3.63, 3.8) is 0 Å². The minimum Gasteiger partial charge on any atom is -0.493 e. The van der Waals surface area contributed by atoms with Crippen LogP contribution in [0.25, 0.3) is 10.2 Å². The van der Waals surface area contributed by atoms with Gasteiger partial charge in [-0.15, -0.1) is 11.8 Å². The number of carbonyl (C=O) groups excluding carboxylic acids is 1. The number of fused-ring (bicyclic) bond motifs is 1. The number of aromatic nitrogens is 1. The summed E-state index contributed by atoms with van der Waals surface area (Å²) >= 11 is 3.23. The maximum Gasteiger partial charge on any atom is 0.248 e. The van der Waals surface area contributed by atoms with Crippen molar-refractivity contribution in [2.75, 3.05) is 33.2 Å². The topological polar surface area (TPSA) is 62.1 Å². The zero-order chi connectivity index (χ0) is 22.1. The second-order valence-electron chi connectivity index (χ2n) is 6.68. The highest BCUT2D eigenvalue weighted by atomic mass is 32.2. The fourth-order valence-electron chi connectivity index (χ4n) is 3.09. The average Bonchev–Trinajstić information content (AvgIpc) is 3.12. The summed E-state index contributed by atoms with van der Waals surface area (Å²) in [5.74, 6) is 2.08. The summed E-state index contributed by atoms with van der Waals surface area (Å²) in [4.78, 5) is 18.9. The molecule has 0 fully saturated rings. The van der Waals surface area contributed by atoms with Gasteiger partial charge in [-0.3, -0.25) is 4.79 Å². The largest absolute Gasteiger partial charge is 0.493 e. The van der Waals surface area contributed by atoms with Gasteiger partial charge in [0.2, 0.25) is 5.91 Å². The lowest BCUT2D eigenvalue weighted by Gasteiger charge is -2.09. The second kappa shape index (κ2) is 11.9. The van der Waals surface area contributed by atoms with E-state index in [4.69, 9.17) is 14.2 Å². The number of ether oxygens (including phenoxy) is 3. The monoisotopic (exact) mass is 460 g/mol. The van der Waals surface area contributed by atoms with E-state index in [1.807, 2.05) is 41.8 Å². The normalized spacial score (nSPS) is 11.8. The third-order valence-electron chi connectivity index (χ3n) is 4.62. The van der Waals surface area contributed by atoms with Gasteiger partial charge in [0.15, 0.2) is 16.3 Å². The van der Waals surface area contributed by atoms with Crippen molar-refractivity contribution < 1.29 is 19.0 Å². The summed E-state index contributed by atoms with van der Waals surface area (Å²) < 4.78 is 19.4. The minimum absolute atomic E-state index is 0.107. The van der Waals surface area contributed by atoms with Crippen LogP contribution in [0, 0.1) is 0 Å². The van der Waals surface area contributed by atoms with Crippen LogP contribution in [-0.2, 0) is 16.1 Å². The Morgan fingerprint density at radius 1 is 1.13 bits per heavy atom. The van der Waals surface area contributed by atoms with Gasteiger partial charge in [-0.25, -0.2) is 0 Å². The maximum absolute atomic E-state index is 12.6. The Kier molecular flexibility index (Phi) is 8.99. The van der Waals surface area contributed by atoms with Crippen LogP contribution < -0.4 is 14.3 Å². The summed E-state index contributed by atoms with van der Waals surface area (Å²) in [5, 5.41) is 0. The third-order valence-corrected chi connectivity index (χ3v) is 6.76. The molecule has 0 radical (unpaired) electrons. The van der Waals surface area contributed by atoms with Crippen LogP contribution in [0.4, 0.5) is 0 Å². The van der Waals surface area contributed by atoms with Crippen LogP contribution in [-0.4, -0.2) is 43.7 Å². The number of nitrogens with zero attached hydrogens (tertiary/aromatic N) is 2. The first kappa shape index (κ1) is 23.4. The van der Waals surface area contributed by atoms with Gasteiger partial charge in [0.25, 0.3) is 0 Å². The van der Waals surface area contributed by atoms with E-state index >= 15 is 0 Å². The lowest BCUT2D eigenvalue weighted by atomic mass is 10.3. The Bertz CT molecular complexity index is 1060. The standard InChI is InChI=1S/C23H28N2O4S2/c1-4-29-13-12-25-18-15-19(27-2)20(28-3)16-21(18)31-23(25)24-22(26)11-8-14-30-17-9-6-5-7-10-17/h5-7,9-10,15-16H,4,8,11-14H2,1-3H3. The molecule has 1 aromatic heterocycles. The fourth-order valence-corrected chi connectivity index (χ4v) is 5.05. The molecule has 0 N–H and O–H groups in total. The molecule has 6 nitrogen and oxygen atoms in total. The quantitative estimate of drug-likeness (QED) is 0.305. The molecule has 0 atom stereocenters. The summed E-state index contributed by atoms with van der Waals surface area (Å²) in [7, 11) is 3.23. The van der Waals surface area contributed by atoms with Gasteiger partial charge in [-0.1, -0.05) is 29.5 Å². The summed E-state index contributed by atoms with van der Waals surface area (Å²) in [6.45, 7) is 3.77. The molecule has 0 aliphatic rings. The van der Waals surface area contributed by atoms with E-state index < -0.39 is 0 Å². The molecular formula is C23H28N2O4S2. The number of hydrogen-bond acceptors (Lipinski definition) is 6. The highest BCUT2D eigenvalue weighted by molar-refractivity contribution is 7.99. The molecule has 2 aromatic carbocycles. The van der Waals surface area contributed by atoms with Gasteiger partial charge < -0.3 is 18.8 Å². The number of amides is 1. The van der Waals surface area contributed by atoms with Crippen LogP contribution in [0.1, 0.15) is 19.8 Å². The van der Waals surface area contributed by atoms with E-state index in [0.29, 0.717) is 42.5 Å². The number of benzene rings is 2. The summed E-state index contributed by atoms with van der Waals surface area (Å²) in [5.41, 5.74) is 0.952. The van der Waals surface area contributed by atoms with Crippen LogP contribution in [0.15, 0.2) is 52.4 Å². The van der Waals surface area contributed by atoms with E-state index in [0.717, 1.165) is 22.4 Å². The predicted octanol–water partition coefficient (Wildman–Crippen LogP) is 4.76. The molecule has 0 saturated carbocycles. The van der Waals surface area contributed by atoms with Crippen LogP contribution >= 0.6 is 23.1 Å². The van der Waals surface area contributed by atoms with E-state index in [2.05, 4.69) is 17.1 Å². The first-order valence-corrected chi connectivity index (χ1v) is 12.0. The Morgan fingerprint density at radius 3 is 2.58 bits per heavy atom. The molecule has 0 unspecified atom stereocenters. The predicted molar refractivity (Wildman–Crippen MR) is 126 cm³/mol. The molecule has 166 valence electrons. The number of carbonyl (C=O) groups is 1. The fraction of sp³-hybridized carbons (Fsp3) is 0.391. The number of rotatable bonds is 11. The van der Waals surface area contributed by atoms with E-state index in [9.17, 15) is 4.79 Å². The second-order valence-corrected chi connectivity index (χ2v) is 8.86. The van der Waals surface area contributed by atoms with Crippen molar-refractivity contribution in [3.05, 3.63) is 47.3 Å². The molecule has 31 heavy (non-hydrogen) atoms. The molecule has 0 spiro atoms. The average molecular weight is 461 g/mol. The molecule has 0 aliphatic heterocycles. The zero-order valence-electron chi connectivity index (χ0n) is 18.1. The maximum atomic E-state index is 12.6. The van der Waals surface area contributed by atoms with E-state index in [1.54, 1.807) is 26.0 Å². The number of hydrogen-bond donors (Lipinski definition) is 0. The molecule has 3 rings (SSSR count). The lowest BCUT2D eigenvalue weighted by Crippen LogP contribution is -2.19. The Labute approximate surface area is 190 Å². The number of thiazole rings is 1. The summed E-state index contributed by atoms with van der Waals surface area (Å²) in [6, 6.07) is 14.1. The highest BCUT2D eigenvalue weighted by Gasteiger charge is 2.13. The van der Waals surface area contributed by atoms with Crippen molar-refractivity contribution in [1.29, 1.82) is 0 Å². The molecule has 1 amide bonds. The Balaban J connectivity index is 1.78.